The Balaban J connectivity index is 1.37. The lowest BCUT2D eigenvalue weighted by atomic mass is 9.99. The van der Waals surface area contributed by atoms with E-state index < -0.39 is 68.4 Å². The van der Waals surface area contributed by atoms with Crippen LogP contribution < -0.4 is 0 Å². The number of rotatable bonds is 14. The fourth-order valence-electron chi connectivity index (χ4n) is 5.73. The first-order valence-electron chi connectivity index (χ1n) is 15.9. The van der Waals surface area contributed by atoms with Crippen molar-refractivity contribution in [3.05, 3.63) is 83.9 Å². The SMILES string of the molecule is CC(=O)O[C@H]1[C@@H](O)[C@@H](O[C@@H](CN=Cc2c(O)ccc3ccccc23)[C@@H](CO)O[C@H](O)CN=Cc2c(O)ccc3ccccc23)O[C@@H](CO)[C@H]1O. The minimum absolute atomic E-state index is 0.0101. The van der Waals surface area contributed by atoms with Gasteiger partial charge in [0.15, 0.2) is 18.7 Å². The van der Waals surface area contributed by atoms with Crippen LogP contribution >= 0.6 is 0 Å². The number of aliphatic imine (C=N–C) groups is 2. The summed E-state index contributed by atoms with van der Waals surface area (Å²) in [5.41, 5.74) is 0.842. The molecule has 5 rings (SSSR count). The molecule has 0 spiro atoms. The lowest BCUT2D eigenvalue weighted by Crippen LogP contribution is -2.61. The van der Waals surface area contributed by atoms with E-state index in [2.05, 4.69) is 9.98 Å². The Morgan fingerprint density at radius 1 is 0.820 bits per heavy atom. The maximum absolute atomic E-state index is 11.7. The average molecular weight is 693 g/mol. The Morgan fingerprint density at radius 3 is 1.92 bits per heavy atom. The summed E-state index contributed by atoms with van der Waals surface area (Å²) < 4.78 is 22.4. The summed E-state index contributed by atoms with van der Waals surface area (Å²) in [6.07, 6.45) is -9.16. The quantitative estimate of drug-likeness (QED) is 0.0567. The van der Waals surface area contributed by atoms with E-state index in [4.69, 9.17) is 18.9 Å². The molecule has 4 aromatic carbocycles. The minimum Gasteiger partial charge on any atom is -0.507 e. The first kappa shape index (κ1) is 36.8. The smallest absolute Gasteiger partial charge is 0.303 e. The van der Waals surface area contributed by atoms with Gasteiger partial charge in [0, 0.05) is 30.5 Å². The summed E-state index contributed by atoms with van der Waals surface area (Å²) in [7, 11) is 0. The van der Waals surface area contributed by atoms with Crippen molar-refractivity contribution in [3.63, 3.8) is 0 Å². The van der Waals surface area contributed by atoms with Crippen LogP contribution in [-0.2, 0) is 23.7 Å². The van der Waals surface area contributed by atoms with Crippen molar-refractivity contribution in [2.24, 2.45) is 9.98 Å². The van der Waals surface area contributed by atoms with Gasteiger partial charge in [0.2, 0.25) is 0 Å². The van der Waals surface area contributed by atoms with Crippen molar-refractivity contribution in [2.45, 2.75) is 56.1 Å². The van der Waals surface area contributed by atoms with Gasteiger partial charge in [-0.15, -0.1) is 0 Å². The fourth-order valence-corrected chi connectivity index (χ4v) is 5.73. The van der Waals surface area contributed by atoms with Crippen molar-refractivity contribution in [3.8, 4) is 11.5 Å². The van der Waals surface area contributed by atoms with Gasteiger partial charge in [-0.2, -0.15) is 0 Å². The third-order valence-electron chi connectivity index (χ3n) is 8.24. The van der Waals surface area contributed by atoms with E-state index in [1.165, 1.54) is 24.6 Å². The number of fused-ring (bicyclic) bond motifs is 2. The molecular formula is C36H40N2O12. The maximum atomic E-state index is 11.7. The Hall–Kier alpha value is -4.51. The number of carbonyl (C=O) groups is 1. The average Bonchev–Trinajstić information content (AvgIpc) is 3.11. The van der Waals surface area contributed by atoms with Crippen LogP contribution in [0.25, 0.3) is 21.5 Å². The highest BCUT2D eigenvalue weighted by Gasteiger charge is 2.48. The maximum Gasteiger partial charge on any atom is 0.303 e. The lowest BCUT2D eigenvalue weighted by molar-refractivity contribution is -0.322. The Bertz CT molecular complexity index is 1820. The summed E-state index contributed by atoms with van der Waals surface area (Å²) in [5, 5.41) is 76.7. The van der Waals surface area contributed by atoms with Crippen molar-refractivity contribution >= 4 is 39.9 Å². The van der Waals surface area contributed by atoms with Gasteiger partial charge < -0.3 is 54.7 Å². The van der Waals surface area contributed by atoms with Crippen LogP contribution in [0, 0.1) is 0 Å². The van der Waals surface area contributed by atoms with E-state index in [9.17, 15) is 40.5 Å². The number of aliphatic hydroxyl groups is 5. The predicted molar refractivity (Wildman–Crippen MR) is 182 cm³/mol. The summed E-state index contributed by atoms with van der Waals surface area (Å²) >= 11 is 0. The zero-order chi connectivity index (χ0) is 35.8. The molecule has 14 heteroatoms. The van der Waals surface area contributed by atoms with E-state index in [0.717, 1.165) is 23.1 Å². The number of esters is 1. The van der Waals surface area contributed by atoms with Crippen LogP contribution in [-0.4, -0.2) is 130 Å². The number of aliphatic hydroxyl groups excluding tert-OH is 5. The molecule has 1 saturated heterocycles. The summed E-state index contributed by atoms with van der Waals surface area (Å²) in [6, 6.07) is 21.3. The Kier molecular flexibility index (Phi) is 12.5. The highest BCUT2D eigenvalue weighted by atomic mass is 16.7. The number of ether oxygens (including phenoxy) is 4. The van der Waals surface area contributed by atoms with Gasteiger partial charge >= 0.3 is 5.97 Å². The largest absolute Gasteiger partial charge is 0.507 e. The van der Waals surface area contributed by atoms with Gasteiger partial charge in [-0.25, -0.2) is 0 Å². The summed E-state index contributed by atoms with van der Waals surface area (Å²) in [5.74, 6) is -0.858. The molecule has 8 atom stereocenters. The molecule has 1 fully saturated rings. The number of nitrogens with zero attached hydrogens (tertiary/aromatic N) is 2. The van der Waals surface area contributed by atoms with Gasteiger partial charge in [-0.1, -0.05) is 60.7 Å². The fraction of sp³-hybridized carbons (Fsp3) is 0.361. The van der Waals surface area contributed by atoms with E-state index in [1.807, 2.05) is 36.4 Å². The molecule has 1 aliphatic heterocycles. The highest BCUT2D eigenvalue weighted by Crippen LogP contribution is 2.29. The van der Waals surface area contributed by atoms with Crippen LogP contribution in [0.15, 0.2) is 82.8 Å². The van der Waals surface area contributed by atoms with Crippen LogP contribution in [0.5, 0.6) is 11.5 Å². The van der Waals surface area contributed by atoms with Crippen molar-refractivity contribution in [2.75, 3.05) is 26.3 Å². The Morgan fingerprint density at radius 2 is 1.38 bits per heavy atom. The lowest BCUT2D eigenvalue weighted by Gasteiger charge is -2.42. The number of phenols is 2. The molecule has 4 aromatic rings. The third kappa shape index (κ3) is 8.61. The number of phenolic OH excluding ortho intramolecular Hbond substituents is 2. The number of aromatic hydroxyl groups is 2. The van der Waals surface area contributed by atoms with E-state index in [1.54, 1.807) is 24.3 Å². The molecule has 0 aliphatic carbocycles. The molecule has 0 unspecified atom stereocenters. The normalized spacial score (nSPS) is 23.0. The van der Waals surface area contributed by atoms with Gasteiger partial charge in [0.05, 0.1) is 26.3 Å². The van der Waals surface area contributed by atoms with Crippen LogP contribution in [0.2, 0.25) is 0 Å². The topological polar surface area (TPSA) is 220 Å². The molecule has 0 bridgehead atoms. The zero-order valence-electron chi connectivity index (χ0n) is 27.1. The highest BCUT2D eigenvalue weighted by molar-refractivity contribution is 6.03. The molecule has 1 heterocycles. The monoisotopic (exact) mass is 692 g/mol. The number of hydrogen-bond acceptors (Lipinski definition) is 14. The first-order valence-corrected chi connectivity index (χ1v) is 15.9. The molecule has 7 N–H and O–H groups in total. The first-order chi connectivity index (χ1) is 24.1. The molecule has 0 saturated carbocycles. The molecule has 0 radical (unpaired) electrons. The molecule has 50 heavy (non-hydrogen) atoms. The van der Waals surface area contributed by atoms with Crippen molar-refractivity contribution < 1.29 is 59.5 Å². The summed E-state index contributed by atoms with van der Waals surface area (Å²) in [6.45, 7) is -0.926. The second-order valence-corrected chi connectivity index (χ2v) is 11.7. The van der Waals surface area contributed by atoms with Gasteiger partial charge in [-0.05, 0) is 33.7 Å². The van der Waals surface area contributed by atoms with Crippen LogP contribution in [0.3, 0.4) is 0 Å². The molecule has 0 amide bonds. The second kappa shape index (κ2) is 16.9. The van der Waals surface area contributed by atoms with Crippen LogP contribution in [0.4, 0.5) is 0 Å². The number of carbonyl (C=O) groups excluding carboxylic acids is 1. The molecule has 266 valence electrons. The minimum atomic E-state index is -1.74. The second-order valence-electron chi connectivity index (χ2n) is 11.7. The Labute approximate surface area is 287 Å². The molecule has 0 aromatic heterocycles. The molecular weight excluding hydrogens is 652 g/mol. The van der Waals surface area contributed by atoms with E-state index >= 15 is 0 Å². The molecule has 1 aliphatic rings. The van der Waals surface area contributed by atoms with Gasteiger partial charge in [-0.3, -0.25) is 14.8 Å². The van der Waals surface area contributed by atoms with E-state index in [0.29, 0.717) is 16.5 Å². The van der Waals surface area contributed by atoms with Gasteiger partial charge in [0.1, 0.15) is 42.0 Å². The zero-order valence-corrected chi connectivity index (χ0v) is 27.1. The van der Waals surface area contributed by atoms with Gasteiger partial charge in [0.25, 0.3) is 0 Å². The molecule has 14 nitrogen and oxygen atoms in total. The standard InChI is InChI=1S/C36H40N2O12/c1-20(41)47-35-33(45)31(19-40)50-36(34(35)46)49-29(16-37-14-25-23-8-4-2-6-21(23)10-12-27(25)42)30(18-39)48-32(44)17-38-15-26-24-9-5-3-7-22(24)11-13-28(26)43/h2-15,29-36,39-40,42-46H,16-19H2,1H3/t29-,30+,31-,32-,33+,34+,35+,36-/m0/s1. The summed E-state index contributed by atoms with van der Waals surface area (Å²) in [4.78, 5) is 20.4. The number of hydrogen-bond donors (Lipinski definition) is 7. The predicted octanol–water partition coefficient (Wildman–Crippen LogP) is 1.39. The number of benzene rings is 4. The van der Waals surface area contributed by atoms with Crippen LogP contribution in [0.1, 0.15) is 18.1 Å². The van der Waals surface area contributed by atoms with Crippen molar-refractivity contribution in [1.82, 2.24) is 0 Å². The van der Waals surface area contributed by atoms with E-state index in [-0.39, 0.29) is 24.6 Å². The van der Waals surface area contributed by atoms with Crippen molar-refractivity contribution in [1.29, 1.82) is 0 Å². The third-order valence-corrected chi connectivity index (χ3v) is 8.24.